The summed E-state index contributed by atoms with van der Waals surface area (Å²) >= 11 is 0. The van der Waals surface area contributed by atoms with Gasteiger partial charge in [0.05, 0.1) is 152 Å². The topological polar surface area (TPSA) is 149 Å². The molecular weight excluding hydrogens is 833 g/mol. The maximum absolute atomic E-state index is 8.62. The van der Waals surface area contributed by atoms with E-state index in [-0.39, 0.29) is 12.0 Å². The number of ether oxygens (including phenoxy) is 12. The Bertz CT molecular complexity index is 849. The molecule has 356 valence electrons. The Labute approximate surface area is 365 Å². The van der Waals surface area contributed by atoms with E-state index in [1.165, 1.54) is 0 Å². The van der Waals surface area contributed by atoms with Gasteiger partial charge in [0.25, 0.3) is 0 Å². The number of hydrogen-bond donors (Lipinski definition) is 1. The van der Waals surface area contributed by atoms with Crippen LogP contribution in [0.15, 0.2) is 0 Å². The zero-order chi connectivity index (χ0) is 43.8. The summed E-state index contributed by atoms with van der Waals surface area (Å²) in [5.74, 6) is 0. The van der Waals surface area contributed by atoms with Gasteiger partial charge >= 0.3 is 0 Å². The van der Waals surface area contributed by atoms with Crippen LogP contribution in [0.1, 0.15) is 26.2 Å². The summed E-state index contributed by atoms with van der Waals surface area (Å²) in [6, 6.07) is 2.23. The Morgan fingerprint density at radius 2 is 0.610 bits per heavy atom. The third-order valence-electron chi connectivity index (χ3n) is 8.80. The summed E-state index contributed by atoms with van der Waals surface area (Å²) < 4.78 is 80.8. The second-order valence-electron chi connectivity index (χ2n) is 16.3. The summed E-state index contributed by atoms with van der Waals surface area (Å²) in [7, 11) is -5.28. The van der Waals surface area contributed by atoms with Crippen molar-refractivity contribution in [3.8, 4) is 0 Å². The third-order valence-corrected chi connectivity index (χ3v) is 20.8. The van der Waals surface area contributed by atoms with Crippen molar-refractivity contribution < 1.29 is 70.2 Å². The standard InChI is InChI=1S/C40H90O15Si4/c1-10-40(37-51-14-11-35-58(6,7)54-56(2)3,38-52-15-12-36-59(8,9)55-57(4)5)39-53-34-33-50-32-31-49-30-29-48-28-27-47-26-25-46-24-23-45-22-21-44-20-19-43-18-17-42-16-13-41/h41,56-57H,10-39H2,1-9H3. The molecule has 0 aliphatic carbocycles. The summed E-state index contributed by atoms with van der Waals surface area (Å²) in [6.45, 7) is 33.1. The van der Waals surface area contributed by atoms with Crippen LogP contribution >= 0.6 is 0 Å². The molecule has 0 heterocycles. The number of rotatable bonds is 48. The first kappa shape index (κ1) is 59.3. The molecule has 0 aromatic rings. The van der Waals surface area contributed by atoms with Crippen molar-refractivity contribution in [2.75, 3.05) is 165 Å². The lowest BCUT2D eigenvalue weighted by Gasteiger charge is -2.33. The van der Waals surface area contributed by atoms with E-state index in [9.17, 15) is 0 Å². The van der Waals surface area contributed by atoms with Crippen LogP contribution in [0.4, 0.5) is 0 Å². The van der Waals surface area contributed by atoms with E-state index in [2.05, 4.69) is 59.3 Å². The molecule has 19 heteroatoms. The highest BCUT2D eigenvalue weighted by atomic mass is 28.4. The molecule has 0 amide bonds. The summed E-state index contributed by atoms with van der Waals surface area (Å²) in [5.41, 5.74) is -0.201. The molecular formula is C40H90O15Si4. The predicted molar refractivity (Wildman–Crippen MR) is 243 cm³/mol. The Morgan fingerprint density at radius 1 is 0.373 bits per heavy atom. The fraction of sp³-hybridized carbons (Fsp3) is 1.00. The summed E-state index contributed by atoms with van der Waals surface area (Å²) in [6.07, 6.45) is 2.95. The lowest BCUT2D eigenvalue weighted by atomic mass is 9.88. The van der Waals surface area contributed by atoms with Gasteiger partial charge in [-0.25, -0.2) is 0 Å². The fourth-order valence-corrected chi connectivity index (χ4v) is 19.1. The van der Waals surface area contributed by atoms with Crippen molar-refractivity contribution in [3.63, 3.8) is 0 Å². The van der Waals surface area contributed by atoms with Crippen molar-refractivity contribution in [2.24, 2.45) is 5.41 Å². The van der Waals surface area contributed by atoms with Crippen molar-refractivity contribution in [1.82, 2.24) is 0 Å². The molecule has 0 radical (unpaired) electrons. The minimum atomic E-state index is -1.61. The Hall–Kier alpha value is 0.268. The predicted octanol–water partition coefficient (Wildman–Crippen LogP) is 4.76. The minimum Gasteiger partial charge on any atom is -0.458 e. The quantitative estimate of drug-likeness (QED) is 0.0660. The molecule has 0 bridgehead atoms. The Kier molecular flexibility index (Phi) is 41.2. The molecule has 0 aliphatic heterocycles. The molecule has 0 aromatic carbocycles. The van der Waals surface area contributed by atoms with E-state index >= 15 is 0 Å². The van der Waals surface area contributed by atoms with Crippen LogP contribution in [-0.2, 0) is 65.1 Å². The maximum Gasteiger partial charge on any atom is 0.173 e. The van der Waals surface area contributed by atoms with Gasteiger partial charge in [-0.05, 0) is 83.7 Å². The lowest BCUT2D eigenvalue weighted by molar-refractivity contribution is -0.0800. The SMILES string of the molecule is CCC(COCCC[Si](C)(C)O[SiH](C)C)(COCCC[Si](C)(C)O[SiH](C)C)COCCOCCOCCOCCOCCOCCOCCOCCOCCOCCO. The largest absolute Gasteiger partial charge is 0.458 e. The van der Waals surface area contributed by atoms with Crippen LogP contribution in [0.2, 0.25) is 64.5 Å². The molecule has 59 heavy (non-hydrogen) atoms. The molecule has 15 nitrogen and oxygen atoms in total. The van der Waals surface area contributed by atoms with Gasteiger partial charge in [0.2, 0.25) is 0 Å². The first-order chi connectivity index (χ1) is 28.4. The Balaban J connectivity index is 3.95. The molecule has 0 saturated heterocycles. The highest BCUT2D eigenvalue weighted by Gasteiger charge is 2.31. The Morgan fingerprint density at radius 3 is 0.847 bits per heavy atom. The highest BCUT2D eigenvalue weighted by molar-refractivity contribution is 6.78. The number of aliphatic hydroxyl groups excluding tert-OH is 1. The van der Waals surface area contributed by atoms with Crippen LogP contribution in [0.5, 0.6) is 0 Å². The first-order valence-electron chi connectivity index (χ1n) is 22.3. The van der Waals surface area contributed by atoms with Gasteiger partial charge in [-0.3, -0.25) is 0 Å². The fourth-order valence-electron chi connectivity index (χ4n) is 5.93. The first-order valence-corrected chi connectivity index (χ1v) is 34.1. The van der Waals surface area contributed by atoms with Crippen molar-refractivity contribution in [2.45, 2.75) is 90.7 Å². The molecule has 0 aliphatic rings. The molecule has 0 fully saturated rings. The van der Waals surface area contributed by atoms with Gasteiger partial charge in [-0.15, -0.1) is 0 Å². The molecule has 0 atom stereocenters. The molecule has 1 N–H and O–H groups in total. The minimum absolute atomic E-state index is 0.0238. The van der Waals surface area contributed by atoms with Crippen LogP contribution in [-0.4, -0.2) is 205 Å². The second-order valence-corrected chi connectivity index (χ2v) is 30.4. The normalized spacial score (nSPS) is 12.8. The van der Waals surface area contributed by atoms with Gasteiger partial charge < -0.3 is 70.2 Å². The van der Waals surface area contributed by atoms with E-state index in [0.29, 0.717) is 145 Å². The van der Waals surface area contributed by atoms with Crippen molar-refractivity contribution in [1.29, 1.82) is 0 Å². The van der Waals surface area contributed by atoms with Gasteiger partial charge in [0.15, 0.2) is 34.7 Å². The number of hydrogen-bond acceptors (Lipinski definition) is 15. The van der Waals surface area contributed by atoms with Crippen LogP contribution in [0.3, 0.4) is 0 Å². The van der Waals surface area contributed by atoms with Crippen LogP contribution in [0, 0.1) is 5.41 Å². The van der Waals surface area contributed by atoms with Gasteiger partial charge in [-0.1, -0.05) is 6.92 Å². The van der Waals surface area contributed by atoms with Gasteiger partial charge in [-0.2, -0.15) is 0 Å². The molecule has 0 aromatic heterocycles. The third kappa shape index (κ3) is 42.0. The van der Waals surface area contributed by atoms with E-state index < -0.39 is 34.7 Å². The number of aliphatic hydroxyl groups is 1. The summed E-state index contributed by atoms with van der Waals surface area (Å²) in [5, 5.41) is 8.62. The van der Waals surface area contributed by atoms with Crippen molar-refractivity contribution in [3.05, 3.63) is 0 Å². The molecule has 0 spiro atoms. The maximum atomic E-state index is 8.62. The van der Waals surface area contributed by atoms with Gasteiger partial charge in [0.1, 0.15) is 0 Å². The molecule has 0 unspecified atom stereocenters. The molecule has 0 rings (SSSR count). The van der Waals surface area contributed by atoms with E-state index in [0.717, 1.165) is 44.6 Å². The van der Waals surface area contributed by atoms with Crippen LogP contribution < -0.4 is 0 Å². The zero-order valence-electron chi connectivity index (χ0n) is 39.0. The lowest BCUT2D eigenvalue weighted by Crippen LogP contribution is -2.38. The van der Waals surface area contributed by atoms with E-state index in [4.69, 9.17) is 70.2 Å². The zero-order valence-corrected chi connectivity index (χ0v) is 43.3. The average Bonchev–Trinajstić information content (AvgIpc) is 3.17. The van der Waals surface area contributed by atoms with E-state index in [1.807, 2.05) is 0 Å². The smallest absolute Gasteiger partial charge is 0.173 e. The van der Waals surface area contributed by atoms with E-state index in [1.54, 1.807) is 0 Å². The average molecular weight is 923 g/mol. The summed E-state index contributed by atoms with van der Waals surface area (Å²) in [4.78, 5) is 0. The highest BCUT2D eigenvalue weighted by Crippen LogP contribution is 2.25. The monoisotopic (exact) mass is 923 g/mol. The second kappa shape index (κ2) is 41.0. The molecule has 0 saturated carbocycles. The van der Waals surface area contributed by atoms with Crippen LogP contribution in [0.25, 0.3) is 0 Å². The van der Waals surface area contributed by atoms with Crippen molar-refractivity contribution >= 4 is 34.7 Å². The van der Waals surface area contributed by atoms with Gasteiger partial charge in [0, 0.05) is 18.6 Å².